The lowest BCUT2D eigenvalue weighted by Gasteiger charge is -2.11. The lowest BCUT2D eigenvalue weighted by molar-refractivity contribution is -0.384. The lowest BCUT2D eigenvalue weighted by atomic mass is 10.0. The van der Waals surface area contributed by atoms with Crippen molar-refractivity contribution in [1.82, 2.24) is 0 Å². The second-order valence-electron chi connectivity index (χ2n) is 4.57. The Morgan fingerprint density at radius 3 is 2.38 bits per heavy atom. The summed E-state index contributed by atoms with van der Waals surface area (Å²) in [4.78, 5) is 14.6. The van der Waals surface area contributed by atoms with Gasteiger partial charge in [0.2, 0.25) is 0 Å². The van der Waals surface area contributed by atoms with Crippen molar-refractivity contribution in [2.75, 3.05) is 6.61 Å². The van der Waals surface area contributed by atoms with Gasteiger partial charge in [0.25, 0.3) is 5.69 Å². The van der Waals surface area contributed by atoms with Gasteiger partial charge in [0.15, 0.2) is 0 Å². The molecule has 0 aliphatic heterocycles. The molecule has 0 spiro atoms. The van der Waals surface area contributed by atoms with E-state index in [1.54, 1.807) is 18.3 Å². The van der Waals surface area contributed by atoms with E-state index in [1.165, 1.54) is 12.1 Å². The molecule has 0 fully saturated rings. The standard InChI is InChI=1S/C16H16N2O3/c19-11-10-16(14-4-2-1-3-5-14)17-12-13-6-8-15(9-7-13)18(20)21/h1-9,12,16,19H,10-11H2. The van der Waals surface area contributed by atoms with Crippen molar-refractivity contribution in [1.29, 1.82) is 0 Å². The van der Waals surface area contributed by atoms with Gasteiger partial charge in [0, 0.05) is 25.0 Å². The first kappa shape index (κ1) is 14.9. The summed E-state index contributed by atoms with van der Waals surface area (Å²) < 4.78 is 0. The maximum atomic E-state index is 10.6. The first-order valence-corrected chi connectivity index (χ1v) is 6.64. The van der Waals surface area contributed by atoms with E-state index in [-0.39, 0.29) is 18.3 Å². The van der Waals surface area contributed by atoms with Crippen molar-refractivity contribution in [2.24, 2.45) is 4.99 Å². The molecule has 1 unspecified atom stereocenters. The minimum Gasteiger partial charge on any atom is -0.396 e. The fraction of sp³-hybridized carbons (Fsp3) is 0.188. The summed E-state index contributed by atoms with van der Waals surface area (Å²) in [5, 5.41) is 19.7. The van der Waals surface area contributed by atoms with Gasteiger partial charge in [-0.15, -0.1) is 0 Å². The Morgan fingerprint density at radius 1 is 1.14 bits per heavy atom. The van der Waals surface area contributed by atoms with E-state index in [1.807, 2.05) is 30.3 Å². The fourth-order valence-electron chi connectivity index (χ4n) is 1.98. The van der Waals surface area contributed by atoms with Crippen LogP contribution in [0.4, 0.5) is 5.69 Å². The van der Waals surface area contributed by atoms with Crippen LogP contribution in [0.3, 0.4) is 0 Å². The van der Waals surface area contributed by atoms with Gasteiger partial charge in [-0.1, -0.05) is 30.3 Å². The largest absolute Gasteiger partial charge is 0.396 e. The number of nitro benzene ring substituents is 1. The second kappa shape index (κ2) is 7.31. The van der Waals surface area contributed by atoms with Gasteiger partial charge < -0.3 is 5.11 Å². The van der Waals surface area contributed by atoms with E-state index in [9.17, 15) is 10.1 Å². The molecule has 1 atom stereocenters. The van der Waals surface area contributed by atoms with Crippen molar-refractivity contribution in [3.05, 3.63) is 75.8 Å². The van der Waals surface area contributed by atoms with Crippen molar-refractivity contribution in [2.45, 2.75) is 12.5 Å². The molecule has 1 N–H and O–H groups in total. The minimum atomic E-state index is -0.431. The number of nitrogens with zero attached hydrogens (tertiary/aromatic N) is 2. The lowest BCUT2D eigenvalue weighted by Crippen LogP contribution is -1.99. The van der Waals surface area contributed by atoms with Crippen LogP contribution in [-0.2, 0) is 0 Å². The van der Waals surface area contributed by atoms with Gasteiger partial charge in [-0.2, -0.15) is 0 Å². The van der Waals surface area contributed by atoms with Crippen LogP contribution in [0.25, 0.3) is 0 Å². The molecule has 0 bridgehead atoms. The van der Waals surface area contributed by atoms with Crippen LogP contribution >= 0.6 is 0 Å². The molecule has 21 heavy (non-hydrogen) atoms. The summed E-state index contributed by atoms with van der Waals surface area (Å²) in [5.74, 6) is 0. The number of hydrogen-bond donors (Lipinski definition) is 1. The molecule has 0 heterocycles. The monoisotopic (exact) mass is 284 g/mol. The number of rotatable bonds is 6. The van der Waals surface area contributed by atoms with Crippen molar-refractivity contribution in [3.63, 3.8) is 0 Å². The zero-order valence-electron chi connectivity index (χ0n) is 11.4. The maximum absolute atomic E-state index is 10.6. The topological polar surface area (TPSA) is 75.7 Å². The molecular formula is C16H16N2O3. The second-order valence-corrected chi connectivity index (χ2v) is 4.57. The Labute approximate surface area is 122 Å². The quantitative estimate of drug-likeness (QED) is 0.503. The third kappa shape index (κ3) is 4.22. The highest BCUT2D eigenvalue weighted by atomic mass is 16.6. The number of aliphatic imine (C=N–C) groups is 1. The van der Waals surface area contributed by atoms with E-state index in [4.69, 9.17) is 5.11 Å². The molecule has 0 saturated carbocycles. The van der Waals surface area contributed by atoms with Crippen molar-refractivity contribution in [3.8, 4) is 0 Å². The molecule has 5 nitrogen and oxygen atoms in total. The number of aliphatic hydroxyl groups excluding tert-OH is 1. The first-order chi connectivity index (χ1) is 10.2. The normalized spacial score (nSPS) is 12.4. The van der Waals surface area contributed by atoms with Crippen LogP contribution in [0.5, 0.6) is 0 Å². The molecule has 0 amide bonds. The number of non-ortho nitro benzene ring substituents is 1. The first-order valence-electron chi connectivity index (χ1n) is 6.64. The Hall–Kier alpha value is -2.53. The summed E-state index contributed by atoms with van der Waals surface area (Å²) >= 11 is 0. The van der Waals surface area contributed by atoms with Gasteiger partial charge in [-0.25, -0.2) is 0 Å². The van der Waals surface area contributed by atoms with Gasteiger partial charge >= 0.3 is 0 Å². The molecule has 0 aromatic heterocycles. The van der Waals surface area contributed by atoms with E-state index in [2.05, 4.69) is 4.99 Å². The highest BCUT2D eigenvalue weighted by Gasteiger charge is 2.08. The van der Waals surface area contributed by atoms with E-state index < -0.39 is 4.92 Å². The highest BCUT2D eigenvalue weighted by molar-refractivity contribution is 5.80. The fourth-order valence-corrected chi connectivity index (χ4v) is 1.98. The minimum absolute atomic E-state index is 0.0527. The number of aliphatic hydroxyl groups is 1. The molecule has 0 aliphatic carbocycles. The summed E-state index contributed by atoms with van der Waals surface area (Å²) in [6.07, 6.45) is 2.21. The van der Waals surface area contributed by atoms with Crippen LogP contribution in [0.15, 0.2) is 59.6 Å². The number of benzene rings is 2. The van der Waals surface area contributed by atoms with E-state index in [0.717, 1.165) is 11.1 Å². The summed E-state index contributed by atoms with van der Waals surface area (Å²) in [5.41, 5.74) is 1.88. The molecule has 0 radical (unpaired) electrons. The van der Waals surface area contributed by atoms with Gasteiger partial charge in [-0.3, -0.25) is 15.1 Å². The van der Waals surface area contributed by atoms with Crippen LogP contribution in [0, 0.1) is 10.1 Å². The average Bonchev–Trinajstić information content (AvgIpc) is 2.52. The molecule has 2 rings (SSSR count). The van der Waals surface area contributed by atoms with Crippen molar-refractivity contribution >= 4 is 11.9 Å². The van der Waals surface area contributed by atoms with Gasteiger partial charge in [0.1, 0.15) is 0 Å². The molecule has 2 aromatic rings. The molecule has 0 saturated heterocycles. The molecular weight excluding hydrogens is 268 g/mol. The summed E-state index contributed by atoms with van der Waals surface area (Å²) in [6, 6.07) is 15.8. The third-order valence-corrected chi connectivity index (χ3v) is 3.09. The average molecular weight is 284 g/mol. The predicted molar refractivity (Wildman–Crippen MR) is 81.6 cm³/mol. The Kier molecular flexibility index (Phi) is 5.17. The molecule has 108 valence electrons. The third-order valence-electron chi connectivity index (χ3n) is 3.09. The molecule has 5 heteroatoms. The highest BCUT2D eigenvalue weighted by Crippen LogP contribution is 2.20. The maximum Gasteiger partial charge on any atom is 0.269 e. The van der Waals surface area contributed by atoms with Crippen LogP contribution in [0.2, 0.25) is 0 Å². The number of nitro groups is 1. The number of hydrogen-bond acceptors (Lipinski definition) is 4. The van der Waals surface area contributed by atoms with Gasteiger partial charge in [0.05, 0.1) is 11.0 Å². The van der Waals surface area contributed by atoms with Crippen LogP contribution < -0.4 is 0 Å². The molecule has 0 aliphatic rings. The van der Waals surface area contributed by atoms with E-state index >= 15 is 0 Å². The van der Waals surface area contributed by atoms with Crippen LogP contribution in [-0.4, -0.2) is 22.9 Å². The van der Waals surface area contributed by atoms with Crippen molar-refractivity contribution < 1.29 is 10.0 Å². The predicted octanol–water partition coefficient (Wildman–Crippen LogP) is 3.14. The zero-order valence-corrected chi connectivity index (χ0v) is 11.4. The Morgan fingerprint density at radius 2 is 1.81 bits per heavy atom. The zero-order chi connectivity index (χ0) is 15.1. The summed E-state index contributed by atoms with van der Waals surface area (Å²) in [6.45, 7) is 0.0527. The van der Waals surface area contributed by atoms with Crippen LogP contribution in [0.1, 0.15) is 23.6 Å². The SMILES string of the molecule is O=[N+]([O-])c1ccc(C=NC(CCO)c2ccccc2)cc1. The molecule has 2 aromatic carbocycles. The summed E-state index contributed by atoms with van der Waals surface area (Å²) in [7, 11) is 0. The Bertz CT molecular complexity index is 609. The Balaban J connectivity index is 2.14. The van der Waals surface area contributed by atoms with E-state index in [0.29, 0.717) is 6.42 Å². The van der Waals surface area contributed by atoms with Gasteiger partial charge in [-0.05, 0) is 29.7 Å². The smallest absolute Gasteiger partial charge is 0.269 e.